The summed E-state index contributed by atoms with van der Waals surface area (Å²) in [6, 6.07) is 5.44. The summed E-state index contributed by atoms with van der Waals surface area (Å²) in [4.78, 5) is 39.5. The number of hydrogen-bond acceptors (Lipinski definition) is 4. The van der Waals surface area contributed by atoms with Gasteiger partial charge in [-0.25, -0.2) is 9.59 Å². The Balaban J connectivity index is 1.42. The number of aryl methyl sites for hydroxylation is 1. The van der Waals surface area contributed by atoms with Crippen LogP contribution in [-0.2, 0) is 4.79 Å². The average molecular weight is 433 g/mol. The third kappa shape index (κ3) is 5.09. The highest BCUT2D eigenvalue weighted by atomic mass is 32.2. The fourth-order valence-electron chi connectivity index (χ4n) is 3.97. The van der Waals surface area contributed by atoms with Gasteiger partial charge in [0.1, 0.15) is 5.54 Å². The highest BCUT2D eigenvalue weighted by Gasteiger charge is 2.51. The third-order valence-electron chi connectivity index (χ3n) is 5.91. The van der Waals surface area contributed by atoms with Crippen LogP contribution < -0.4 is 16.0 Å². The highest BCUT2D eigenvalue weighted by molar-refractivity contribution is 7.99. The van der Waals surface area contributed by atoms with Gasteiger partial charge in [-0.3, -0.25) is 9.69 Å². The molecule has 1 saturated heterocycles. The number of nitrogens with one attached hydrogen (secondary N) is 3. The third-order valence-corrected chi connectivity index (χ3v) is 7.17. The smallest absolute Gasteiger partial charge is 0.325 e. The second-order valence-electron chi connectivity index (χ2n) is 8.22. The van der Waals surface area contributed by atoms with Crippen LogP contribution in [0.3, 0.4) is 0 Å². The molecule has 164 valence electrons. The van der Waals surface area contributed by atoms with Gasteiger partial charge in [0.05, 0.1) is 0 Å². The lowest BCUT2D eigenvalue weighted by atomic mass is 9.98. The molecular formula is C22H32N4O3S. The lowest BCUT2D eigenvalue weighted by Crippen LogP contribution is -2.44. The molecule has 1 aliphatic heterocycles. The summed E-state index contributed by atoms with van der Waals surface area (Å²) in [6.45, 7) is 7.05. The number of imide groups is 1. The maximum absolute atomic E-state index is 12.6. The molecule has 1 unspecified atom stereocenters. The van der Waals surface area contributed by atoms with Gasteiger partial charge < -0.3 is 16.0 Å². The van der Waals surface area contributed by atoms with Gasteiger partial charge in [0.25, 0.3) is 5.91 Å². The first kappa shape index (κ1) is 22.5. The fourth-order valence-corrected chi connectivity index (χ4v) is 4.99. The van der Waals surface area contributed by atoms with Gasteiger partial charge in [0, 0.05) is 28.9 Å². The second-order valence-corrected chi connectivity index (χ2v) is 9.74. The van der Waals surface area contributed by atoms with E-state index < -0.39 is 5.54 Å². The van der Waals surface area contributed by atoms with Crippen molar-refractivity contribution in [2.75, 3.05) is 18.4 Å². The molecule has 7 nitrogen and oxygen atoms in total. The Labute approximate surface area is 182 Å². The topological polar surface area (TPSA) is 90.5 Å². The molecular weight excluding hydrogens is 400 g/mol. The van der Waals surface area contributed by atoms with Crippen LogP contribution in [0.25, 0.3) is 0 Å². The molecule has 0 aromatic heterocycles. The number of thioether (sulfide) groups is 1. The maximum atomic E-state index is 12.6. The van der Waals surface area contributed by atoms with Gasteiger partial charge in [0.2, 0.25) is 0 Å². The van der Waals surface area contributed by atoms with E-state index in [0.29, 0.717) is 24.8 Å². The highest BCUT2D eigenvalue weighted by Crippen LogP contribution is 2.35. The number of benzene rings is 1. The Morgan fingerprint density at radius 2 is 2.03 bits per heavy atom. The predicted octanol–water partition coefficient (Wildman–Crippen LogP) is 4.26. The largest absolute Gasteiger partial charge is 0.338 e. The van der Waals surface area contributed by atoms with Crippen molar-refractivity contribution in [2.24, 2.45) is 0 Å². The van der Waals surface area contributed by atoms with Gasteiger partial charge >= 0.3 is 12.1 Å². The Kier molecular flexibility index (Phi) is 7.28. The minimum Gasteiger partial charge on any atom is -0.338 e. The zero-order valence-electron chi connectivity index (χ0n) is 18.0. The van der Waals surface area contributed by atoms with Crippen LogP contribution >= 0.6 is 11.8 Å². The van der Waals surface area contributed by atoms with E-state index in [1.807, 2.05) is 30.8 Å². The van der Waals surface area contributed by atoms with Crippen molar-refractivity contribution in [2.45, 2.75) is 75.0 Å². The van der Waals surface area contributed by atoms with Crippen molar-refractivity contribution >= 4 is 35.4 Å². The summed E-state index contributed by atoms with van der Waals surface area (Å²) in [5.41, 5.74) is 1.12. The molecule has 1 aliphatic carbocycles. The first-order chi connectivity index (χ1) is 14.3. The molecule has 2 fully saturated rings. The van der Waals surface area contributed by atoms with Crippen LogP contribution in [0.2, 0.25) is 0 Å². The number of rotatable bonds is 8. The number of amides is 5. The number of anilines is 1. The summed E-state index contributed by atoms with van der Waals surface area (Å²) in [5.74, 6) is -0.111. The summed E-state index contributed by atoms with van der Waals surface area (Å²) in [5, 5.41) is 9.10. The van der Waals surface area contributed by atoms with Gasteiger partial charge in [-0.05, 0) is 56.4 Å². The summed E-state index contributed by atoms with van der Waals surface area (Å²) < 4.78 is 0. The van der Waals surface area contributed by atoms with Crippen molar-refractivity contribution in [1.82, 2.24) is 15.5 Å². The van der Waals surface area contributed by atoms with Crippen molar-refractivity contribution < 1.29 is 14.4 Å². The van der Waals surface area contributed by atoms with Crippen LogP contribution in [0, 0.1) is 6.92 Å². The number of carbonyl (C=O) groups excluding carboxylic acids is 3. The van der Waals surface area contributed by atoms with E-state index in [0.717, 1.165) is 43.4 Å². The molecule has 2 aliphatic rings. The van der Waals surface area contributed by atoms with Gasteiger partial charge in [-0.2, -0.15) is 0 Å². The number of carbonyl (C=O) groups is 3. The minimum absolute atomic E-state index is 0.111. The summed E-state index contributed by atoms with van der Waals surface area (Å²) in [6.07, 6.45) is 5.02. The molecule has 1 heterocycles. The lowest BCUT2D eigenvalue weighted by Gasteiger charge is -2.20. The number of nitrogens with zero attached hydrogens (tertiary/aromatic N) is 1. The van der Waals surface area contributed by atoms with E-state index in [2.05, 4.69) is 35.9 Å². The first-order valence-corrected chi connectivity index (χ1v) is 11.7. The molecule has 3 N–H and O–H groups in total. The Bertz CT molecular complexity index is 808. The molecule has 1 aromatic carbocycles. The van der Waals surface area contributed by atoms with Crippen LogP contribution in [0.1, 0.15) is 57.9 Å². The van der Waals surface area contributed by atoms with Crippen LogP contribution in [0.15, 0.2) is 23.1 Å². The van der Waals surface area contributed by atoms with Crippen molar-refractivity contribution in [3.8, 4) is 0 Å². The molecule has 1 saturated carbocycles. The monoisotopic (exact) mass is 432 g/mol. The molecule has 30 heavy (non-hydrogen) atoms. The standard InChI is InChI=1S/C22H32N4O3S/c1-4-16(3)30-17-8-9-18(15(2)14-17)24-20(28)23-12-7-13-26-19(27)22(25-21(26)29)10-5-6-11-22/h8-9,14,16H,4-7,10-13H2,1-3H3,(H,25,29)(H2,23,24,28). The van der Waals surface area contributed by atoms with E-state index in [9.17, 15) is 14.4 Å². The van der Waals surface area contributed by atoms with E-state index in [4.69, 9.17) is 0 Å². The molecule has 5 amide bonds. The molecule has 1 atom stereocenters. The first-order valence-electron chi connectivity index (χ1n) is 10.8. The van der Waals surface area contributed by atoms with Gasteiger partial charge in [-0.1, -0.05) is 26.7 Å². The zero-order valence-corrected chi connectivity index (χ0v) is 18.9. The quantitative estimate of drug-likeness (QED) is 0.325. The Morgan fingerprint density at radius 1 is 1.30 bits per heavy atom. The van der Waals surface area contributed by atoms with E-state index in [1.165, 1.54) is 9.80 Å². The maximum Gasteiger partial charge on any atom is 0.325 e. The average Bonchev–Trinajstić information content (AvgIpc) is 3.27. The normalized spacial score (nSPS) is 18.6. The van der Waals surface area contributed by atoms with E-state index >= 15 is 0 Å². The second kappa shape index (κ2) is 9.73. The molecule has 0 radical (unpaired) electrons. The summed E-state index contributed by atoms with van der Waals surface area (Å²) >= 11 is 1.83. The zero-order chi connectivity index (χ0) is 21.7. The molecule has 8 heteroatoms. The lowest BCUT2D eigenvalue weighted by molar-refractivity contribution is -0.131. The Hall–Kier alpha value is -2.22. The number of hydrogen-bond donors (Lipinski definition) is 3. The predicted molar refractivity (Wildman–Crippen MR) is 120 cm³/mol. The van der Waals surface area contributed by atoms with E-state index in [-0.39, 0.29) is 18.0 Å². The minimum atomic E-state index is -0.668. The van der Waals surface area contributed by atoms with Crippen molar-refractivity contribution in [3.63, 3.8) is 0 Å². The number of urea groups is 2. The molecule has 3 rings (SSSR count). The van der Waals surface area contributed by atoms with Crippen LogP contribution in [0.5, 0.6) is 0 Å². The van der Waals surface area contributed by atoms with E-state index in [1.54, 1.807) is 0 Å². The van der Waals surface area contributed by atoms with Gasteiger partial charge in [0.15, 0.2) is 0 Å². The molecule has 1 aromatic rings. The van der Waals surface area contributed by atoms with Crippen molar-refractivity contribution in [3.05, 3.63) is 23.8 Å². The summed E-state index contributed by atoms with van der Waals surface area (Å²) in [7, 11) is 0. The Morgan fingerprint density at radius 3 is 2.70 bits per heavy atom. The molecule has 0 bridgehead atoms. The van der Waals surface area contributed by atoms with Crippen LogP contribution in [0.4, 0.5) is 15.3 Å². The van der Waals surface area contributed by atoms with Crippen LogP contribution in [-0.4, -0.2) is 46.7 Å². The molecule has 1 spiro atoms. The van der Waals surface area contributed by atoms with Gasteiger partial charge in [-0.15, -0.1) is 11.8 Å². The van der Waals surface area contributed by atoms with Crippen molar-refractivity contribution in [1.29, 1.82) is 0 Å². The SMILES string of the molecule is CCC(C)Sc1ccc(NC(=O)NCCCN2C(=O)NC3(CCCC3)C2=O)c(C)c1. The fraction of sp³-hybridized carbons (Fsp3) is 0.591.